The highest BCUT2D eigenvalue weighted by atomic mass is 16.5. The van der Waals surface area contributed by atoms with Crippen molar-refractivity contribution < 1.29 is 9.84 Å². The first-order valence-corrected chi connectivity index (χ1v) is 7.55. The Labute approximate surface area is 125 Å². The number of methoxy groups -OCH3 is 1. The van der Waals surface area contributed by atoms with Gasteiger partial charge in [-0.25, -0.2) is 4.98 Å². The van der Waals surface area contributed by atoms with Crippen molar-refractivity contribution in [2.75, 3.05) is 31.7 Å². The van der Waals surface area contributed by atoms with Crippen molar-refractivity contribution in [2.45, 2.75) is 19.4 Å². The third-order valence-corrected chi connectivity index (χ3v) is 4.20. The Hall–Kier alpha value is -1.65. The number of aromatic nitrogens is 1. The standard InChI is InChI=1S/C17H22N2O2/c1-21-12-13-5-4-8-19(10-13)17-9-14(11-20)15-6-2-3-7-16(15)18-17/h2-3,6-7,9,13,20H,4-5,8,10-12H2,1H3. The highest BCUT2D eigenvalue weighted by Crippen LogP contribution is 2.26. The fourth-order valence-corrected chi connectivity index (χ4v) is 3.17. The van der Waals surface area contributed by atoms with Crippen LogP contribution < -0.4 is 4.90 Å². The first-order chi connectivity index (χ1) is 10.3. The minimum absolute atomic E-state index is 0.0470. The van der Waals surface area contributed by atoms with Crippen molar-refractivity contribution in [3.8, 4) is 0 Å². The van der Waals surface area contributed by atoms with Crippen LogP contribution >= 0.6 is 0 Å². The Morgan fingerprint density at radius 3 is 3.05 bits per heavy atom. The third kappa shape index (κ3) is 3.01. The lowest BCUT2D eigenvalue weighted by atomic mass is 9.98. The van der Waals surface area contributed by atoms with Gasteiger partial charge >= 0.3 is 0 Å². The molecule has 1 aliphatic rings. The minimum Gasteiger partial charge on any atom is -0.392 e. The molecule has 3 rings (SSSR count). The van der Waals surface area contributed by atoms with Gasteiger partial charge in [-0.2, -0.15) is 0 Å². The Kier molecular flexibility index (Phi) is 4.36. The molecule has 1 saturated heterocycles. The van der Waals surface area contributed by atoms with Gasteiger partial charge < -0.3 is 14.7 Å². The number of para-hydroxylation sites is 1. The largest absolute Gasteiger partial charge is 0.392 e. The highest BCUT2D eigenvalue weighted by molar-refractivity contribution is 5.84. The quantitative estimate of drug-likeness (QED) is 0.938. The van der Waals surface area contributed by atoms with E-state index in [4.69, 9.17) is 9.72 Å². The maximum Gasteiger partial charge on any atom is 0.129 e. The summed E-state index contributed by atoms with van der Waals surface area (Å²) in [6.45, 7) is 2.85. The van der Waals surface area contributed by atoms with Crippen molar-refractivity contribution in [3.05, 3.63) is 35.9 Å². The molecular formula is C17H22N2O2. The number of ether oxygens (including phenoxy) is 1. The summed E-state index contributed by atoms with van der Waals surface area (Å²) < 4.78 is 5.29. The fourth-order valence-electron chi connectivity index (χ4n) is 3.17. The Bertz CT molecular complexity index is 613. The minimum atomic E-state index is 0.0470. The molecule has 0 saturated carbocycles. The van der Waals surface area contributed by atoms with Crippen molar-refractivity contribution >= 4 is 16.7 Å². The van der Waals surface area contributed by atoms with E-state index in [0.29, 0.717) is 5.92 Å². The van der Waals surface area contributed by atoms with E-state index in [-0.39, 0.29) is 6.61 Å². The van der Waals surface area contributed by atoms with E-state index in [9.17, 15) is 5.11 Å². The van der Waals surface area contributed by atoms with Gasteiger partial charge in [-0.15, -0.1) is 0 Å². The Morgan fingerprint density at radius 2 is 2.24 bits per heavy atom. The number of aliphatic hydroxyl groups excluding tert-OH is 1. The van der Waals surface area contributed by atoms with Gasteiger partial charge in [0, 0.05) is 25.6 Å². The lowest BCUT2D eigenvalue weighted by Gasteiger charge is -2.33. The molecule has 1 atom stereocenters. The van der Waals surface area contributed by atoms with E-state index in [1.54, 1.807) is 7.11 Å². The Morgan fingerprint density at radius 1 is 1.38 bits per heavy atom. The SMILES string of the molecule is COCC1CCCN(c2cc(CO)c3ccccc3n2)C1. The molecule has 1 unspecified atom stereocenters. The summed E-state index contributed by atoms with van der Waals surface area (Å²) in [5, 5.41) is 10.7. The Balaban J connectivity index is 1.92. The van der Waals surface area contributed by atoms with Gasteiger partial charge in [0.2, 0.25) is 0 Å². The van der Waals surface area contributed by atoms with Crippen LogP contribution in [-0.2, 0) is 11.3 Å². The van der Waals surface area contributed by atoms with E-state index in [0.717, 1.165) is 48.4 Å². The number of pyridine rings is 1. The van der Waals surface area contributed by atoms with Gasteiger partial charge in [0.1, 0.15) is 5.82 Å². The summed E-state index contributed by atoms with van der Waals surface area (Å²) in [5.41, 5.74) is 1.90. The summed E-state index contributed by atoms with van der Waals surface area (Å²) in [5.74, 6) is 1.54. The zero-order valence-electron chi connectivity index (χ0n) is 12.5. The first-order valence-electron chi connectivity index (χ1n) is 7.55. The number of hydrogen-bond acceptors (Lipinski definition) is 4. The van der Waals surface area contributed by atoms with Crippen molar-refractivity contribution in [3.63, 3.8) is 0 Å². The maximum absolute atomic E-state index is 9.63. The lowest BCUT2D eigenvalue weighted by molar-refractivity contribution is 0.143. The summed E-state index contributed by atoms with van der Waals surface area (Å²) in [6.07, 6.45) is 2.38. The highest BCUT2D eigenvalue weighted by Gasteiger charge is 2.21. The summed E-state index contributed by atoms with van der Waals surface area (Å²) in [7, 11) is 1.76. The van der Waals surface area contributed by atoms with E-state index in [1.165, 1.54) is 6.42 Å². The monoisotopic (exact) mass is 286 g/mol. The third-order valence-electron chi connectivity index (χ3n) is 4.20. The van der Waals surface area contributed by atoms with Crippen LogP contribution in [0.4, 0.5) is 5.82 Å². The number of nitrogens with zero attached hydrogens (tertiary/aromatic N) is 2. The molecule has 112 valence electrons. The normalized spacial score (nSPS) is 19.1. The van der Waals surface area contributed by atoms with Crippen LogP contribution in [0.2, 0.25) is 0 Å². The second kappa shape index (κ2) is 6.41. The molecule has 21 heavy (non-hydrogen) atoms. The fraction of sp³-hybridized carbons (Fsp3) is 0.471. The van der Waals surface area contributed by atoms with Crippen molar-refractivity contribution in [1.29, 1.82) is 0 Å². The number of anilines is 1. The van der Waals surface area contributed by atoms with Crippen LogP contribution in [-0.4, -0.2) is 36.9 Å². The summed E-state index contributed by atoms with van der Waals surface area (Å²) in [6, 6.07) is 10.0. The second-order valence-corrected chi connectivity index (χ2v) is 5.72. The first kappa shape index (κ1) is 14.3. The smallest absolute Gasteiger partial charge is 0.129 e. The number of piperidine rings is 1. The molecule has 0 spiro atoms. The predicted octanol–water partition coefficient (Wildman–Crippen LogP) is 2.59. The molecule has 1 fully saturated rings. The van der Waals surface area contributed by atoms with Gasteiger partial charge in [0.05, 0.1) is 18.7 Å². The molecule has 4 nitrogen and oxygen atoms in total. The molecule has 1 aromatic heterocycles. The van der Waals surface area contributed by atoms with Gasteiger partial charge in [-0.05, 0) is 36.5 Å². The van der Waals surface area contributed by atoms with Crippen LogP contribution in [0.15, 0.2) is 30.3 Å². The van der Waals surface area contributed by atoms with E-state index < -0.39 is 0 Å². The van der Waals surface area contributed by atoms with Crippen molar-refractivity contribution in [2.24, 2.45) is 5.92 Å². The van der Waals surface area contributed by atoms with Crippen LogP contribution in [0.25, 0.3) is 10.9 Å². The molecule has 2 heterocycles. The van der Waals surface area contributed by atoms with Gasteiger partial charge in [-0.1, -0.05) is 18.2 Å². The van der Waals surface area contributed by atoms with Gasteiger partial charge in [0.15, 0.2) is 0 Å². The number of rotatable bonds is 4. The summed E-state index contributed by atoms with van der Waals surface area (Å²) in [4.78, 5) is 7.09. The topological polar surface area (TPSA) is 45.6 Å². The molecule has 0 aliphatic carbocycles. The van der Waals surface area contributed by atoms with Crippen LogP contribution in [0.1, 0.15) is 18.4 Å². The number of benzene rings is 1. The average Bonchev–Trinajstić information content (AvgIpc) is 2.54. The maximum atomic E-state index is 9.63. The molecular weight excluding hydrogens is 264 g/mol. The second-order valence-electron chi connectivity index (χ2n) is 5.72. The molecule has 0 bridgehead atoms. The molecule has 0 amide bonds. The van der Waals surface area contributed by atoms with E-state index in [2.05, 4.69) is 4.90 Å². The van der Waals surface area contributed by atoms with Crippen LogP contribution in [0.5, 0.6) is 0 Å². The van der Waals surface area contributed by atoms with Crippen molar-refractivity contribution in [1.82, 2.24) is 4.98 Å². The van der Waals surface area contributed by atoms with Gasteiger partial charge in [0.25, 0.3) is 0 Å². The number of fused-ring (bicyclic) bond motifs is 1. The zero-order chi connectivity index (χ0) is 14.7. The predicted molar refractivity (Wildman–Crippen MR) is 84.5 cm³/mol. The molecule has 4 heteroatoms. The molecule has 2 aromatic rings. The number of aliphatic hydroxyl groups is 1. The number of hydrogen-bond donors (Lipinski definition) is 1. The van der Waals surface area contributed by atoms with Crippen LogP contribution in [0, 0.1) is 5.92 Å². The zero-order valence-corrected chi connectivity index (χ0v) is 12.5. The molecule has 1 N–H and O–H groups in total. The molecule has 0 radical (unpaired) electrons. The lowest BCUT2D eigenvalue weighted by Crippen LogP contribution is -2.37. The molecule has 1 aromatic carbocycles. The van der Waals surface area contributed by atoms with E-state index in [1.807, 2.05) is 30.3 Å². The summed E-state index contributed by atoms with van der Waals surface area (Å²) >= 11 is 0. The average molecular weight is 286 g/mol. The van der Waals surface area contributed by atoms with Gasteiger partial charge in [-0.3, -0.25) is 0 Å². The van der Waals surface area contributed by atoms with Crippen LogP contribution in [0.3, 0.4) is 0 Å². The molecule has 1 aliphatic heterocycles. The van der Waals surface area contributed by atoms with E-state index >= 15 is 0 Å².